The zero-order chi connectivity index (χ0) is 26.1. The fraction of sp³-hybridized carbons (Fsp3) is 0.333. The molecular formula is C21H20ClF4N5O4. The van der Waals surface area contributed by atoms with E-state index in [1.54, 1.807) is 0 Å². The Labute approximate surface area is 202 Å². The Morgan fingerprint density at radius 3 is 2.57 bits per heavy atom. The van der Waals surface area contributed by atoms with E-state index in [4.69, 9.17) is 17.3 Å². The molecule has 4 amide bonds. The van der Waals surface area contributed by atoms with Crippen molar-refractivity contribution in [3.8, 4) is 0 Å². The zero-order valence-corrected chi connectivity index (χ0v) is 19.2. The van der Waals surface area contributed by atoms with Gasteiger partial charge < -0.3 is 20.3 Å². The summed E-state index contributed by atoms with van der Waals surface area (Å²) in [6, 6.07) is 2.87. The predicted octanol–water partition coefficient (Wildman–Crippen LogP) is 3.57. The van der Waals surface area contributed by atoms with Crippen LogP contribution in [0.4, 0.5) is 38.7 Å². The fourth-order valence-electron chi connectivity index (χ4n) is 3.53. The van der Waals surface area contributed by atoms with Gasteiger partial charge in [-0.2, -0.15) is 13.2 Å². The van der Waals surface area contributed by atoms with Crippen LogP contribution in [-0.2, 0) is 15.7 Å². The SMILES string of the molecule is Cc1cc(C(F)(F)F)cc(N2C(=O)N(CCOC(N)=O)CC2C(=O)N(C)c2ccc(F)c(Cl)c2)n1. The van der Waals surface area contributed by atoms with Gasteiger partial charge in [-0.1, -0.05) is 11.6 Å². The van der Waals surface area contributed by atoms with Gasteiger partial charge in [0, 0.05) is 18.4 Å². The second-order valence-corrected chi connectivity index (χ2v) is 8.04. The lowest BCUT2D eigenvalue weighted by atomic mass is 10.1. The minimum atomic E-state index is -4.72. The monoisotopic (exact) mass is 517 g/mol. The largest absolute Gasteiger partial charge is 0.448 e. The van der Waals surface area contributed by atoms with Crippen LogP contribution in [0.2, 0.25) is 5.02 Å². The van der Waals surface area contributed by atoms with Crippen molar-refractivity contribution in [2.75, 3.05) is 36.5 Å². The van der Waals surface area contributed by atoms with Gasteiger partial charge in [-0.05, 0) is 37.3 Å². The number of pyridine rings is 1. The summed E-state index contributed by atoms with van der Waals surface area (Å²) in [5, 5.41) is -0.248. The normalized spacial score (nSPS) is 16.0. The molecule has 1 atom stereocenters. The summed E-state index contributed by atoms with van der Waals surface area (Å²) in [6.45, 7) is 0.595. The van der Waals surface area contributed by atoms with Crippen molar-refractivity contribution in [2.45, 2.75) is 19.1 Å². The quantitative estimate of drug-likeness (QED) is 0.589. The maximum absolute atomic E-state index is 13.6. The van der Waals surface area contributed by atoms with E-state index in [1.807, 2.05) is 0 Å². The first-order valence-electron chi connectivity index (χ1n) is 10.1. The highest BCUT2D eigenvalue weighted by atomic mass is 35.5. The van der Waals surface area contributed by atoms with Crippen molar-refractivity contribution in [3.63, 3.8) is 0 Å². The Balaban J connectivity index is 2.00. The first-order valence-corrected chi connectivity index (χ1v) is 10.5. The van der Waals surface area contributed by atoms with Gasteiger partial charge in [0.2, 0.25) is 0 Å². The number of rotatable bonds is 6. The summed E-state index contributed by atoms with van der Waals surface area (Å²) in [5.74, 6) is -1.79. The standard InChI is InChI=1S/C21H20ClF4N5O4/c1-11-7-12(21(24,25)26)8-17(28-11)31-16(10-30(20(31)34)5-6-35-19(27)33)18(32)29(2)13-3-4-15(23)14(22)9-13/h3-4,7-9,16H,5-6,10H2,1-2H3,(H2,27,33). The van der Waals surface area contributed by atoms with Crippen LogP contribution in [0.15, 0.2) is 30.3 Å². The van der Waals surface area contributed by atoms with Gasteiger partial charge in [-0.25, -0.2) is 19.0 Å². The molecule has 1 saturated heterocycles. The molecular weight excluding hydrogens is 498 g/mol. The highest BCUT2D eigenvalue weighted by molar-refractivity contribution is 6.31. The fourth-order valence-corrected chi connectivity index (χ4v) is 3.70. The molecule has 0 spiro atoms. The topological polar surface area (TPSA) is 109 Å². The number of halogens is 5. The Kier molecular flexibility index (Phi) is 7.38. The molecule has 1 aromatic carbocycles. The van der Waals surface area contributed by atoms with E-state index < -0.39 is 41.6 Å². The molecule has 1 aliphatic heterocycles. The minimum absolute atomic E-state index is 0.0250. The number of ether oxygens (including phenoxy) is 1. The van der Waals surface area contributed by atoms with E-state index in [2.05, 4.69) is 9.72 Å². The summed E-state index contributed by atoms with van der Waals surface area (Å²) in [6.07, 6.45) is -5.80. The summed E-state index contributed by atoms with van der Waals surface area (Å²) in [4.78, 5) is 44.5. The molecule has 0 aliphatic carbocycles. The smallest absolute Gasteiger partial charge is 0.416 e. The first-order chi connectivity index (χ1) is 16.3. The number of primary amides is 1. The molecule has 1 fully saturated rings. The molecule has 1 unspecified atom stereocenters. The molecule has 3 rings (SSSR count). The van der Waals surface area contributed by atoms with Crippen molar-refractivity contribution in [1.82, 2.24) is 9.88 Å². The van der Waals surface area contributed by atoms with Crippen LogP contribution in [0.3, 0.4) is 0 Å². The van der Waals surface area contributed by atoms with E-state index in [-0.39, 0.29) is 41.9 Å². The molecule has 9 nitrogen and oxygen atoms in total. The van der Waals surface area contributed by atoms with Gasteiger partial charge in [0.05, 0.1) is 23.7 Å². The molecule has 2 aromatic rings. The number of alkyl halides is 3. The number of urea groups is 1. The molecule has 1 aromatic heterocycles. The first kappa shape index (κ1) is 26.0. The van der Waals surface area contributed by atoms with Crippen LogP contribution in [0.25, 0.3) is 0 Å². The van der Waals surface area contributed by atoms with Crippen LogP contribution >= 0.6 is 11.6 Å². The van der Waals surface area contributed by atoms with Gasteiger partial charge in [0.25, 0.3) is 5.91 Å². The minimum Gasteiger partial charge on any atom is -0.448 e. The number of aromatic nitrogens is 1. The van der Waals surface area contributed by atoms with Gasteiger partial charge >= 0.3 is 18.3 Å². The molecule has 1 aliphatic rings. The van der Waals surface area contributed by atoms with Crippen molar-refractivity contribution in [2.24, 2.45) is 5.73 Å². The number of carbonyl (C=O) groups excluding carboxylic acids is 3. The van der Waals surface area contributed by atoms with Gasteiger partial charge in [0.15, 0.2) is 0 Å². The Bertz CT molecular complexity index is 1160. The number of likely N-dealkylation sites (N-methyl/N-ethyl adjacent to an activating group) is 1. The number of nitrogens with two attached hydrogens (primary N) is 1. The van der Waals surface area contributed by atoms with Crippen LogP contribution in [0, 0.1) is 12.7 Å². The second-order valence-electron chi connectivity index (χ2n) is 7.63. The summed E-state index contributed by atoms with van der Waals surface area (Å²) >= 11 is 5.80. The Morgan fingerprint density at radius 2 is 1.97 bits per heavy atom. The van der Waals surface area contributed by atoms with E-state index >= 15 is 0 Å². The van der Waals surface area contributed by atoms with Crippen LogP contribution < -0.4 is 15.5 Å². The number of hydrogen-bond acceptors (Lipinski definition) is 5. The van der Waals surface area contributed by atoms with Gasteiger partial charge in [-0.3, -0.25) is 9.69 Å². The predicted molar refractivity (Wildman–Crippen MR) is 118 cm³/mol. The van der Waals surface area contributed by atoms with Crippen LogP contribution in [-0.4, -0.2) is 60.7 Å². The van der Waals surface area contributed by atoms with Crippen molar-refractivity contribution in [3.05, 3.63) is 52.4 Å². The molecule has 0 saturated carbocycles. The number of hydrogen-bond donors (Lipinski definition) is 1. The van der Waals surface area contributed by atoms with Crippen molar-refractivity contribution in [1.29, 1.82) is 0 Å². The Hall–Kier alpha value is -3.61. The van der Waals surface area contributed by atoms with Crippen molar-refractivity contribution < 1.29 is 36.7 Å². The number of aryl methyl sites for hydroxylation is 1. The van der Waals surface area contributed by atoms with Gasteiger partial charge in [-0.15, -0.1) is 0 Å². The second kappa shape index (κ2) is 9.94. The molecule has 0 bridgehead atoms. The summed E-state index contributed by atoms with van der Waals surface area (Å²) in [5.41, 5.74) is 4.04. The molecule has 14 heteroatoms. The summed E-state index contributed by atoms with van der Waals surface area (Å²) < 4.78 is 58.4. The van der Waals surface area contributed by atoms with Crippen LogP contribution in [0.1, 0.15) is 11.3 Å². The Morgan fingerprint density at radius 1 is 1.29 bits per heavy atom. The lowest BCUT2D eigenvalue weighted by Gasteiger charge is -2.27. The third-order valence-electron chi connectivity index (χ3n) is 5.21. The van der Waals surface area contributed by atoms with E-state index in [9.17, 15) is 31.9 Å². The summed E-state index contributed by atoms with van der Waals surface area (Å²) in [7, 11) is 1.35. The number of amides is 4. The molecule has 0 radical (unpaired) electrons. The average molecular weight is 518 g/mol. The average Bonchev–Trinajstić information content (AvgIpc) is 3.09. The third kappa shape index (κ3) is 5.73. The number of carbonyl (C=O) groups is 3. The van der Waals surface area contributed by atoms with E-state index in [1.165, 1.54) is 26.1 Å². The van der Waals surface area contributed by atoms with E-state index in [0.717, 1.165) is 26.8 Å². The lowest BCUT2D eigenvalue weighted by molar-refractivity contribution is -0.137. The maximum Gasteiger partial charge on any atom is 0.416 e. The number of nitrogens with zero attached hydrogens (tertiary/aromatic N) is 4. The van der Waals surface area contributed by atoms with Crippen molar-refractivity contribution >= 4 is 41.1 Å². The maximum atomic E-state index is 13.6. The number of anilines is 2. The molecule has 35 heavy (non-hydrogen) atoms. The molecule has 2 N–H and O–H groups in total. The van der Waals surface area contributed by atoms with Crippen LogP contribution in [0.5, 0.6) is 0 Å². The van der Waals surface area contributed by atoms with E-state index in [0.29, 0.717) is 6.07 Å². The molecule has 2 heterocycles. The zero-order valence-electron chi connectivity index (χ0n) is 18.5. The number of benzene rings is 1. The molecule has 188 valence electrons. The third-order valence-corrected chi connectivity index (χ3v) is 5.50. The lowest BCUT2D eigenvalue weighted by Crippen LogP contribution is -2.47. The van der Waals surface area contributed by atoms with Gasteiger partial charge in [0.1, 0.15) is 24.3 Å². The highest BCUT2D eigenvalue weighted by Crippen LogP contribution is 2.34. The highest BCUT2D eigenvalue weighted by Gasteiger charge is 2.45.